The van der Waals surface area contributed by atoms with Crippen LogP contribution < -0.4 is 0 Å². The van der Waals surface area contributed by atoms with Crippen molar-refractivity contribution in [2.45, 2.75) is 70.4 Å². The molecule has 0 fully saturated rings. The van der Waals surface area contributed by atoms with E-state index in [0.29, 0.717) is 6.08 Å². The van der Waals surface area contributed by atoms with Gasteiger partial charge in [0.25, 0.3) is 0 Å². The molecule has 0 aromatic heterocycles. The first-order valence-corrected chi connectivity index (χ1v) is 10.4. The van der Waals surface area contributed by atoms with Gasteiger partial charge < -0.3 is 24.9 Å². The van der Waals surface area contributed by atoms with Crippen LogP contribution in [-0.2, 0) is 14.0 Å². The molecule has 0 spiro atoms. The van der Waals surface area contributed by atoms with Crippen molar-refractivity contribution in [1.29, 1.82) is 0 Å². The summed E-state index contributed by atoms with van der Waals surface area (Å²) >= 11 is 0. The lowest BCUT2D eigenvalue weighted by Crippen LogP contribution is -2.44. The van der Waals surface area contributed by atoms with Gasteiger partial charge in [0.05, 0.1) is 24.7 Å². The molecule has 0 rings (SSSR count). The number of carboxylic acids is 2. The summed E-state index contributed by atoms with van der Waals surface area (Å²) in [6.07, 6.45) is -1.61. The third kappa shape index (κ3) is 8.73. The molecular weight excluding hydrogens is 320 g/mol. The lowest BCUT2D eigenvalue weighted by molar-refractivity contribution is -0.139. The minimum absolute atomic E-state index is 0.0102. The number of rotatable bonds is 9. The first-order chi connectivity index (χ1) is 10.2. The molecular formula is C15H28O7Si. The zero-order valence-corrected chi connectivity index (χ0v) is 15.4. The van der Waals surface area contributed by atoms with Gasteiger partial charge in [-0.2, -0.15) is 0 Å². The van der Waals surface area contributed by atoms with Gasteiger partial charge in [0, 0.05) is 6.42 Å². The zero-order chi connectivity index (χ0) is 18.4. The largest absolute Gasteiger partial charge is 0.512 e. The lowest BCUT2D eigenvalue weighted by Gasteiger charge is -2.39. The van der Waals surface area contributed by atoms with E-state index in [0.717, 1.165) is 0 Å². The molecule has 8 heteroatoms. The highest BCUT2D eigenvalue weighted by molar-refractivity contribution is 6.74. The Bertz CT molecular complexity index is 451. The van der Waals surface area contributed by atoms with E-state index < -0.39 is 38.9 Å². The molecule has 0 bridgehead atoms. The van der Waals surface area contributed by atoms with Crippen LogP contribution in [0.1, 0.15) is 40.0 Å². The fourth-order valence-corrected chi connectivity index (χ4v) is 3.16. The highest BCUT2D eigenvalue weighted by Crippen LogP contribution is 2.38. The summed E-state index contributed by atoms with van der Waals surface area (Å²) in [5.41, 5.74) is 0. The normalized spacial score (nSPS) is 16.0. The van der Waals surface area contributed by atoms with E-state index in [2.05, 4.69) is 0 Å². The predicted molar refractivity (Wildman–Crippen MR) is 87.9 cm³/mol. The Balaban J connectivity index is 5.14. The van der Waals surface area contributed by atoms with Crippen molar-refractivity contribution >= 4 is 20.3 Å². The molecule has 0 aliphatic rings. The molecule has 0 aliphatic carbocycles. The van der Waals surface area contributed by atoms with E-state index in [1.54, 1.807) is 0 Å². The lowest BCUT2D eigenvalue weighted by atomic mass is 10.1. The van der Waals surface area contributed by atoms with Gasteiger partial charge in [-0.1, -0.05) is 20.8 Å². The predicted octanol–water partition coefficient (Wildman–Crippen LogP) is 2.52. The van der Waals surface area contributed by atoms with Gasteiger partial charge in [-0.15, -0.1) is 0 Å². The van der Waals surface area contributed by atoms with E-state index in [1.807, 2.05) is 33.9 Å². The average Bonchev–Trinajstić information content (AvgIpc) is 2.22. The Hall–Kier alpha value is -1.38. The van der Waals surface area contributed by atoms with Crippen LogP contribution in [0.4, 0.5) is 0 Å². The molecule has 2 atom stereocenters. The van der Waals surface area contributed by atoms with Gasteiger partial charge >= 0.3 is 11.9 Å². The number of carboxylic acid groups (broad SMARTS) is 2. The molecule has 0 aromatic carbocycles. The van der Waals surface area contributed by atoms with Crippen molar-refractivity contribution in [1.82, 2.24) is 0 Å². The van der Waals surface area contributed by atoms with Gasteiger partial charge in [-0.25, -0.2) is 4.79 Å². The van der Waals surface area contributed by atoms with E-state index in [1.165, 1.54) is 0 Å². The van der Waals surface area contributed by atoms with Crippen molar-refractivity contribution in [2.24, 2.45) is 0 Å². The Morgan fingerprint density at radius 2 is 1.65 bits per heavy atom. The highest BCUT2D eigenvalue weighted by atomic mass is 28.4. The maximum atomic E-state index is 10.7. The van der Waals surface area contributed by atoms with Crippen LogP contribution in [0.15, 0.2) is 11.8 Å². The number of hydrogen-bond donors (Lipinski definition) is 4. The Morgan fingerprint density at radius 1 is 1.13 bits per heavy atom. The summed E-state index contributed by atoms with van der Waals surface area (Å²) in [7, 11) is -2.23. The molecule has 0 saturated heterocycles. The van der Waals surface area contributed by atoms with Crippen LogP contribution in [-0.4, -0.2) is 52.9 Å². The molecule has 1 unspecified atom stereocenters. The summed E-state index contributed by atoms with van der Waals surface area (Å²) in [4.78, 5) is 21.3. The maximum Gasteiger partial charge on any atom is 0.331 e. The van der Waals surface area contributed by atoms with Crippen LogP contribution in [0.25, 0.3) is 0 Å². The number of carbonyl (C=O) groups is 2. The minimum atomic E-state index is -2.23. The summed E-state index contributed by atoms with van der Waals surface area (Å²) in [5.74, 6) is -2.78. The van der Waals surface area contributed by atoms with E-state index >= 15 is 0 Å². The smallest absolute Gasteiger partial charge is 0.331 e. The van der Waals surface area contributed by atoms with Crippen LogP contribution in [0.5, 0.6) is 0 Å². The van der Waals surface area contributed by atoms with Gasteiger partial charge in [0.15, 0.2) is 8.32 Å². The molecule has 0 amide bonds. The minimum Gasteiger partial charge on any atom is -0.512 e. The topological polar surface area (TPSA) is 124 Å². The molecule has 0 aromatic rings. The molecule has 0 radical (unpaired) electrons. The van der Waals surface area contributed by atoms with Crippen LogP contribution >= 0.6 is 0 Å². The van der Waals surface area contributed by atoms with Crippen molar-refractivity contribution < 1.29 is 34.4 Å². The first kappa shape index (κ1) is 21.6. The summed E-state index contributed by atoms with van der Waals surface area (Å²) in [6.45, 7) is 10.0. The number of aliphatic hydroxyl groups is 2. The van der Waals surface area contributed by atoms with Gasteiger partial charge in [-0.05, 0) is 24.6 Å². The summed E-state index contributed by atoms with van der Waals surface area (Å²) in [5, 5.41) is 36.8. The maximum absolute atomic E-state index is 10.7. The second-order valence-corrected chi connectivity index (χ2v) is 11.9. The van der Waals surface area contributed by atoms with Gasteiger partial charge in [0.2, 0.25) is 0 Å². The van der Waals surface area contributed by atoms with Crippen LogP contribution in [0.2, 0.25) is 18.1 Å². The molecule has 7 nitrogen and oxygen atoms in total. The van der Waals surface area contributed by atoms with E-state index in [4.69, 9.17) is 14.6 Å². The van der Waals surface area contributed by atoms with Gasteiger partial charge in [-0.3, -0.25) is 4.79 Å². The van der Waals surface area contributed by atoms with Crippen molar-refractivity contribution in [3.8, 4) is 0 Å². The van der Waals surface area contributed by atoms with E-state index in [-0.39, 0.29) is 23.6 Å². The fourth-order valence-electron chi connectivity index (χ4n) is 1.79. The van der Waals surface area contributed by atoms with Crippen LogP contribution in [0.3, 0.4) is 0 Å². The molecule has 4 N–H and O–H groups in total. The molecule has 0 aliphatic heterocycles. The second kappa shape index (κ2) is 8.46. The average molecular weight is 348 g/mol. The van der Waals surface area contributed by atoms with Gasteiger partial charge in [0.1, 0.15) is 5.76 Å². The van der Waals surface area contributed by atoms with E-state index in [9.17, 15) is 19.8 Å². The third-order valence-corrected chi connectivity index (χ3v) is 8.47. The summed E-state index contributed by atoms with van der Waals surface area (Å²) in [6, 6.07) is 0. The standard InChI is InChI=1S/C15H28O7Si/c1-15(2,3)23(4,5)22-12(6-10(16)8-13(18)19)7-11(17)9-14(20)21/h8,11-12,16-17H,6-7,9H2,1-5H3,(H,18,19)(H,20,21)/t11-,12?/m1/s1. The third-order valence-electron chi connectivity index (χ3n) is 3.94. The second-order valence-electron chi connectivity index (χ2n) is 7.17. The molecule has 134 valence electrons. The quantitative estimate of drug-likeness (QED) is 0.287. The molecule has 0 heterocycles. The zero-order valence-electron chi connectivity index (χ0n) is 14.4. The highest BCUT2D eigenvalue weighted by Gasteiger charge is 2.39. The SMILES string of the molecule is CC(C)(C)[Si](C)(C)OC(CC(O)=CC(=O)O)C[C@@H](O)CC(=O)O. The molecule has 23 heavy (non-hydrogen) atoms. The number of aliphatic carboxylic acids is 2. The summed E-state index contributed by atoms with van der Waals surface area (Å²) < 4.78 is 6.10. The van der Waals surface area contributed by atoms with Crippen molar-refractivity contribution in [3.63, 3.8) is 0 Å². The van der Waals surface area contributed by atoms with Crippen molar-refractivity contribution in [3.05, 3.63) is 11.8 Å². The number of aliphatic hydroxyl groups excluding tert-OH is 2. The first-order valence-electron chi connectivity index (χ1n) is 7.44. The number of hydrogen-bond acceptors (Lipinski definition) is 5. The Kier molecular flexibility index (Phi) is 7.95. The monoisotopic (exact) mass is 348 g/mol. The van der Waals surface area contributed by atoms with Crippen molar-refractivity contribution in [2.75, 3.05) is 0 Å². The van der Waals surface area contributed by atoms with Crippen LogP contribution in [0, 0.1) is 0 Å². The fraction of sp³-hybridized carbons (Fsp3) is 0.733. The molecule has 0 saturated carbocycles. The Labute approximate surface area is 137 Å². The Morgan fingerprint density at radius 3 is 2.04 bits per heavy atom.